The molecule has 0 radical (unpaired) electrons. The molecule has 1 fully saturated rings. The van der Waals surface area contributed by atoms with Gasteiger partial charge in [0.25, 0.3) is 6.47 Å². The van der Waals surface area contributed by atoms with Gasteiger partial charge in [-0.05, 0) is 30.5 Å². The minimum absolute atomic E-state index is 0.0374. The number of carbonyl (C=O) groups is 1. The Kier molecular flexibility index (Phi) is 4.62. The fourth-order valence-electron chi connectivity index (χ4n) is 3.93. The molecule has 1 unspecified atom stereocenters. The van der Waals surface area contributed by atoms with E-state index in [1.165, 1.54) is 6.33 Å². The van der Waals surface area contributed by atoms with Gasteiger partial charge < -0.3 is 14.8 Å². The molecule has 0 bridgehead atoms. The summed E-state index contributed by atoms with van der Waals surface area (Å²) in [5, 5.41) is 9.83. The average molecular weight is 368 g/mol. The van der Waals surface area contributed by atoms with E-state index < -0.39 is 5.92 Å². The first-order valence-electron chi connectivity index (χ1n) is 8.98. The van der Waals surface area contributed by atoms with Crippen molar-refractivity contribution < 1.29 is 14.6 Å². The van der Waals surface area contributed by atoms with Crippen LogP contribution in [0.4, 0.5) is 0 Å². The number of nitrogens with zero attached hydrogens (tertiary/aromatic N) is 3. The average Bonchev–Trinajstić information content (AvgIpc) is 3.29. The molecule has 2 heterocycles. The molecule has 3 aromatic rings. The van der Waals surface area contributed by atoms with Gasteiger partial charge in [0.2, 0.25) is 0 Å². The number of rotatable bonds is 6. The highest BCUT2D eigenvalue weighted by molar-refractivity contribution is 5.74. The van der Waals surface area contributed by atoms with Crippen LogP contribution in [-0.2, 0) is 9.53 Å². The summed E-state index contributed by atoms with van der Waals surface area (Å²) >= 11 is 0. The van der Waals surface area contributed by atoms with E-state index in [0.717, 1.165) is 31.2 Å². The highest BCUT2D eigenvalue weighted by atomic mass is 16.5. The standard InChI is InChI=1S/C19H20N4O4/c24-11-27-9-15(12-4-3-7-14(25)8-12)16-17-18(21-10-20-16)23(19(26)22-17)13-5-1-2-6-13/h3-4,7-8,10-11,13,15,25H,1-2,5-6,9H2,(H,22,26). The highest BCUT2D eigenvalue weighted by Gasteiger charge is 2.26. The number of fused-ring (bicyclic) bond motifs is 1. The van der Waals surface area contributed by atoms with E-state index in [4.69, 9.17) is 4.74 Å². The number of carbonyl (C=O) groups excluding carboxylic acids is 1. The van der Waals surface area contributed by atoms with Gasteiger partial charge in [0.15, 0.2) is 5.65 Å². The Balaban J connectivity index is 1.86. The Morgan fingerprint density at radius 1 is 1.33 bits per heavy atom. The molecule has 0 saturated heterocycles. The van der Waals surface area contributed by atoms with Crippen molar-refractivity contribution in [1.82, 2.24) is 19.5 Å². The first-order valence-corrected chi connectivity index (χ1v) is 8.98. The molecular weight excluding hydrogens is 348 g/mol. The van der Waals surface area contributed by atoms with Crippen molar-refractivity contribution in [2.75, 3.05) is 6.61 Å². The molecule has 1 aliphatic rings. The van der Waals surface area contributed by atoms with E-state index >= 15 is 0 Å². The molecule has 4 rings (SSSR count). The third kappa shape index (κ3) is 3.18. The van der Waals surface area contributed by atoms with Gasteiger partial charge in [0.1, 0.15) is 24.2 Å². The van der Waals surface area contributed by atoms with Crippen molar-refractivity contribution in [1.29, 1.82) is 0 Å². The summed E-state index contributed by atoms with van der Waals surface area (Å²) in [6, 6.07) is 6.83. The molecule has 1 atom stereocenters. The molecule has 0 aliphatic heterocycles. The van der Waals surface area contributed by atoms with Gasteiger partial charge in [-0.15, -0.1) is 0 Å². The summed E-state index contributed by atoms with van der Waals surface area (Å²) in [7, 11) is 0. The number of phenols is 1. The Labute approximate surface area is 154 Å². The van der Waals surface area contributed by atoms with Crippen molar-refractivity contribution in [2.24, 2.45) is 0 Å². The van der Waals surface area contributed by atoms with E-state index in [2.05, 4.69) is 15.0 Å². The first kappa shape index (κ1) is 17.3. The van der Waals surface area contributed by atoms with Crippen LogP contribution >= 0.6 is 0 Å². The van der Waals surface area contributed by atoms with Gasteiger partial charge >= 0.3 is 5.69 Å². The van der Waals surface area contributed by atoms with Crippen LogP contribution in [0.3, 0.4) is 0 Å². The number of hydrogen-bond acceptors (Lipinski definition) is 6. The van der Waals surface area contributed by atoms with Crippen LogP contribution in [0, 0.1) is 0 Å². The summed E-state index contributed by atoms with van der Waals surface area (Å²) in [4.78, 5) is 35.0. The second kappa shape index (κ2) is 7.22. The van der Waals surface area contributed by atoms with Crippen molar-refractivity contribution in [2.45, 2.75) is 37.6 Å². The van der Waals surface area contributed by atoms with E-state index in [-0.39, 0.29) is 24.1 Å². The lowest BCUT2D eigenvalue weighted by molar-refractivity contribution is -0.128. The number of phenolic OH excluding ortho intramolecular Hbond substituents is 1. The monoisotopic (exact) mass is 368 g/mol. The first-order chi connectivity index (χ1) is 13.2. The summed E-state index contributed by atoms with van der Waals surface area (Å²) in [5.41, 5.74) is 2.18. The van der Waals surface area contributed by atoms with E-state index in [1.54, 1.807) is 22.8 Å². The maximum atomic E-state index is 12.6. The predicted molar refractivity (Wildman–Crippen MR) is 97.6 cm³/mol. The number of ether oxygens (including phenoxy) is 1. The Morgan fingerprint density at radius 3 is 2.89 bits per heavy atom. The number of H-pyrrole nitrogens is 1. The molecule has 1 saturated carbocycles. The summed E-state index contributed by atoms with van der Waals surface area (Å²) in [5.74, 6) is -0.339. The zero-order valence-electron chi connectivity index (χ0n) is 14.7. The molecule has 27 heavy (non-hydrogen) atoms. The third-order valence-corrected chi connectivity index (χ3v) is 5.16. The van der Waals surface area contributed by atoms with Crippen molar-refractivity contribution >= 4 is 17.6 Å². The SMILES string of the molecule is O=COCC(c1cccc(O)c1)c1ncnc2c1[nH]c(=O)n2C1CCCC1. The number of benzene rings is 1. The van der Waals surface area contributed by atoms with E-state index in [0.29, 0.717) is 23.3 Å². The Hall–Kier alpha value is -3.16. The molecule has 8 heteroatoms. The van der Waals surface area contributed by atoms with Gasteiger partial charge in [0.05, 0.1) is 11.6 Å². The van der Waals surface area contributed by atoms with Crippen molar-refractivity contribution in [3.05, 3.63) is 52.3 Å². The van der Waals surface area contributed by atoms with Crippen molar-refractivity contribution in [3.8, 4) is 5.75 Å². The molecule has 2 aromatic heterocycles. The lowest BCUT2D eigenvalue weighted by Crippen LogP contribution is -2.20. The number of imidazole rings is 1. The predicted octanol–water partition coefficient (Wildman–Crippen LogP) is 2.25. The maximum Gasteiger partial charge on any atom is 0.327 e. The van der Waals surface area contributed by atoms with Gasteiger partial charge in [-0.1, -0.05) is 25.0 Å². The number of hydrogen-bond donors (Lipinski definition) is 2. The zero-order chi connectivity index (χ0) is 18.8. The lowest BCUT2D eigenvalue weighted by Gasteiger charge is -2.17. The second-order valence-corrected chi connectivity index (χ2v) is 6.77. The normalized spacial score (nSPS) is 15.9. The largest absolute Gasteiger partial charge is 0.508 e. The van der Waals surface area contributed by atoms with Gasteiger partial charge in [-0.2, -0.15) is 0 Å². The quantitative estimate of drug-likeness (QED) is 0.646. The minimum Gasteiger partial charge on any atom is -0.508 e. The Morgan fingerprint density at radius 2 is 2.15 bits per heavy atom. The fraction of sp³-hybridized carbons (Fsp3) is 0.368. The van der Waals surface area contributed by atoms with Crippen LogP contribution in [0.25, 0.3) is 11.2 Å². The lowest BCUT2D eigenvalue weighted by atomic mass is 9.95. The number of aromatic hydroxyl groups is 1. The van der Waals surface area contributed by atoms with E-state index in [1.807, 2.05) is 6.07 Å². The molecular formula is C19H20N4O4. The van der Waals surface area contributed by atoms with Gasteiger partial charge in [0, 0.05) is 6.04 Å². The minimum atomic E-state index is -0.442. The van der Waals surface area contributed by atoms with Crippen LogP contribution < -0.4 is 5.69 Å². The van der Waals surface area contributed by atoms with Crippen LogP contribution in [0.1, 0.15) is 48.9 Å². The molecule has 1 aliphatic carbocycles. The molecule has 2 N–H and O–H groups in total. The topological polar surface area (TPSA) is 110 Å². The van der Waals surface area contributed by atoms with Gasteiger partial charge in [-0.3, -0.25) is 9.36 Å². The summed E-state index contributed by atoms with van der Waals surface area (Å²) in [6.45, 7) is 0.413. The molecule has 0 spiro atoms. The number of nitrogens with one attached hydrogen (secondary N) is 1. The maximum absolute atomic E-state index is 12.6. The molecule has 140 valence electrons. The zero-order valence-corrected chi connectivity index (χ0v) is 14.7. The van der Waals surface area contributed by atoms with Crippen LogP contribution in [0.5, 0.6) is 5.75 Å². The third-order valence-electron chi connectivity index (χ3n) is 5.16. The molecule has 0 amide bonds. The van der Waals surface area contributed by atoms with Crippen LogP contribution in [0.2, 0.25) is 0 Å². The van der Waals surface area contributed by atoms with Crippen LogP contribution in [-0.4, -0.2) is 37.7 Å². The summed E-state index contributed by atoms with van der Waals surface area (Å²) in [6.07, 6.45) is 5.53. The Bertz CT molecular complexity index is 1020. The highest BCUT2D eigenvalue weighted by Crippen LogP contribution is 2.33. The second-order valence-electron chi connectivity index (χ2n) is 6.77. The molecule has 1 aromatic carbocycles. The fourth-order valence-corrected chi connectivity index (χ4v) is 3.93. The smallest absolute Gasteiger partial charge is 0.327 e. The number of aromatic nitrogens is 4. The van der Waals surface area contributed by atoms with Crippen molar-refractivity contribution in [3.63, 3.8) is 0 Å². The summed E-state index contributed by atoms with van der Waals surface area (Å²) < 4.78 is 6.72. The van der Waals surface area contributed by atoms with E-state index in [9.17, 15) is 14.7 Å². The number of aromatic amines is 1. The molecule has 8 nitrogen and oxygen atoms in total. The van der Waals surface area contributed by atoms with Crippen LogP contribution in [0.15, 0.2) is 35.4 Å². The van der Waals surface area contributed by atoms with Gasteiger partial charge in [-0.25, -0.2) is 14.8 Å².